The van der Waals surface area contributed by atoms with Crippen molar-refractivity contribution in [2.24, 2.45) is 39.4 Å². The molecule has 5 rings (SSSR count). The van der Waals surface area contributed by atoms with E-state index in [1.54, 1.807) is 0 Å². The van der Waals surface area contributed by atoms with E-state index < -0.39 is 6.04 Å². The molecular weight excluding hydrogens is 442 g/mol. The summed E-state index contributed by atoms with van der Waals surface area (Å²) in [5.74, 6) is 2.87. The lowest BCUT2D eigenvalue weighted by Gasteiger charge is -2.37. The third-order valence-corrected chi connectivity index (χ3v) is 8.95. The summed E-state index contributed by atoms with van der Waals surface area (Å²) in [4.78, 5) is 35.5. The van der Waals surface area contributed by atoms with E-state index in [0.29, 0.717) is 11.8 Å². The molecule has 2 atom stereocenters. The molecule has 35 heavy (non-hydrogen) atoms. The summed E-state index contributed by atoms with van der Waals surface area (Å²) in [6.07, 6.45) is 10.6. The first-order valence-corrected chi connectivity index (χ1v) is 14.0. The molecule has 0 spiro atoms. The highest BCUT2D eigenvalue weighted by molar-refractivity contribution is 5.87. The number of amidine groups is 2. The van der Waals surface area contributed by atoms with Gasteiger partial charge in [0.05, 0.1) is 36.6 Å². The second kappa shape index (κ2) is 11.3. The Bertz CT molecular complexity index is 762. The van der Waals surface area contributed by atoms with Gasteiger partial charge in [0.2, 0.25) is 11.8 Å². The number of hydrogen-bond acceptors (Lipinski definition) is 7. The molecule has 6 N–H and O–H groups in total. The van der Waals surface area contributed by atoms with Gasteiger partial charge in [-0.25, -0.2) is 0 Å². The summed E-state index contributed by atoms with van der Waals surface area (Å²) in [6.45, 7) is 3.67. The van der Waals surface area contributed by atoms with Crippen molar-refractivity contribution in [3.63, 3.8) is 0 Å². The molecule has 3 aliphatic carbocycles. The van der Waals surface area contributed by atoms with Crippen LogP contribution < -0.4 is 27.0 Å². The van der Waals surface area contributed by atoms with Gasteiger partial charge in [0.1, 0.15) is 0 Å². The standard InChI is InChI=1S/C26H43N7O2/c27-22-20(25(34)32-18-8-4-16(5-9-18)23-28-12-13-29-23)2-1-3-21(22)26(35)33-19-10-6-17(7-11-19)24-30-14-15-31-24/h16-22H,1-15,27H2,(H,28,29)(H,30,31)(H,32,34)(H,33,35). The summed E-state index contributed by atoms with van der Waals surface area (Å²) in [6, 6.07) is -0.00174. The minimum atomic E-state index is -0.412. The van der Waals surface area contributed by atoms with E-state index in [0.717, 1.165) is 108 Å². The van der Waals surface area contributed by atoms with Crippen LogP contribution >= 0.6 is 0 Å². The lowest BCUT2D eigenvalue weighted by atomic mass is 9.75. The first-order valence-electron chi connectivity index (χ1n) is 14.0. The number of nitrogens with one attached hydrogen (secondary N) is 4. The van der Waals surface area contributed by atoms with Crippen LogP contribution in [-0.2, 0) is 9.59 Å². The molecular formula is C26H43N7O2. The van der Waals surface area contributed by atoms with Crippen molar-refractivity contribution in [2.45, 2.75) is 88.8 Å². The molecule has 0 aromatic carbocycles. The van der Waals surface area contributed by atoms with Crippen LogP contribution in [0.15, 0.2) is 9.98 Å². The van der Waals surface area contributed by atoms with Crippen LogP contribution in [0.4, 0.5) is 0 Å². The minimum Gasteiger partial charge on any atom is -0.372 e. The molecule has 5 aliphatic rings. The Morgan fingerprint density at radius 2 is 1.11 bits per heavy atom. The van der Waals surface area contributed by atoms with Gasteiger partial charge in [-0.2, -0.15) is 0 Å². The molecule has 2 unspecified atom stereocenters. The molecule has 0 radical (unpaired) electrons. The van der Waals surface area contributed by atoms with E-state index in [1.165, 1.54) is 0 Å². The van der Waals surface area contributed by atoms with Gasteiger partial charge in [-0.1, -0.05) is 6.42 Å². The monoisotopic (exact) mass is 485 g/mol. The Labute approximate surface area is 208 Å². The Hall–Kier alpha value is -2.16. The largest absolute Gasteiger partial charge is 0.372 e. The van der Waals surface area contributed by atoms with Crippen LogP contribution in [-0.4, -0.2) is 67.8 Å². The topological polar surface area (TPSA) is 133 Å². The number of carbonyl (C=O) groups is 2. The molecule has 194 valence electrons. The Morgan fingerprint density at radius 1 is 0.686 bits per heavy atom. The van der Waals surface area contributed by atoms with E-state index in [2.05, 4.69) is 31.3 Å². The van der Waals surface area contributed by atoms with Crippen LogP contribution in [0.5, 0.6) is 0 Å². The van der Waals surface area contributed by atoms with Gasteiger partial charge < -0.3 is 27.0 Å². The van der Waals surface area contributed by atoms with Gasteiger partial charge >= 0.3 is 0 Å². The van der Waals surface area contributed by atoms with E-state index in [4.69, 9.17) is 5.73 Å². The predicted molar refractivity (Wildman–Crippen MR) is 137 cm³/mol. The van der Waals surface area contributed by atoms with Crippen molar-refractivity contribution in [3.05, 3.63) is 0 Å². The molecule has 2 amide bonds. The van der Waals surface area contributed by atoms with Crippen molar-refractivity contribution < 1.29 is 9.59 Å². The van der Waals surface area contributed by atoms with E-state index >= 15 is 0 Å². The first-order chi connectivity index (χ1) is 17.1. The zero-order valence-corrected chi connectivity index (χ0v) is 20.9. The summed E-state index contributed by atoms with van der Waals surface area (Å²) in [5, 5.41) is 13.3. The quantitative estimate of drug-likeness (QED) is 0.384. The molecule has 3 fully saturated rings. The second-order valence-electron chi connectivity index (χ2n) is 11.2. The fraction of sp³-hybridized carbons (Fsp3) is 0.846. The fourth-order valence-corrected chi connectivity index (χ4v) is 6.85. The molecule has 9 heteroatoms. The number of amides is 2. The fourth-order valence-electron chi connectivity index (χ4n) is 6.85. The number of rotatable bonds is 6. The molecule has 2 aliphatic heterocycles. The summed E-state index contributed by atoms with van der Waals surface area (Å²) < 4.78 is 0. The summed E-state index contributed by atoms with van der Waals surface area (Å²) in [5.41, 5.74) is 6.58. The average Bonchev–Trinajstić information content (AvgIpc) is 3.60. The third kappa shape index (κ3) is 5.81. The highest BCUT2D eigenvalue weighted by Gasteiger charge is 2.40. The van der Waals surface area contributed by atoms with Crippen LogP contribution in [0.25, 0.3) is 0 Å². The molecule has 3 saturated carbocycles. The molecule has 0 saturated heterocycles. The van der Waals surface area contributed by atoms with Gasteiger partial charge in [-0.05, 0) is 64.2 Å². The van der Waals surface area contributed by atoms with Crippen LogP contribution in [0.1, 0.15) is 70.6 Å². The summed E-state index contributed by atoms with van der Waals surface area (Å²) >= 11 is 0. The minimum absolute atomic E-state index is 0.0418. The molecule has 0 aromatic rings. The highest BCUT2D eigenvalue weighted by Crippen LogP contribution is 2.32. The van der Waals surface area contributed by atoms with Crippen molar-refractivity contribution in [3.8, 4) is 0 Å². The number of carbonyl (C=O) groups excluding carboxylic acids is 2. The molecule has 9 nitrogen and oxygen atoms in total. The molecule has 0 aromatic heterocycles. The van der Waals surface area contributed by atoms with Gasteiger partial charge in [-0.15, -0.1) is 0 Å². The van der Waals surface area contributed by atoms with Gasteiger partial charge in [0.25, 0.3) is 0 Å². The zero-order valence-electron chi connectivity index (χ0n) is 20.9. The number of hydrogen-bond donors (Lipinski definition) is 5. The summed E-state index contributed by atoms with van der Waals surface area (Å²) in [7, 11) is 0. The van der Waals surface area contributed by atoms with Crippen molar-refractivity contribution in [1.82, 2.24) is 21.3 Å². The average molecular weight is 486 g/mol. The third-order valence-electron chi connectivity index (χ3n) is 8.95. The van der Waals surface area contributed by atoms with Crippen LogP contribution in [0.3, 0.4) is 0 Å². The van der Waals surface area contributed by atoms with Crippen molar-refractivity contribution in [2.75, 3.05) is 26.2 Å². The van der Waals surface area contributed by atoms with Gasteiger partial charge in [0.15, 0.2) is 0 Å². The van der Waals surface area contributed by atoms with E-state index in [9.17, 15) is 9.59 Å². The van der Waals surface area contributed by atoms with Gasteiger partial charge in [-0.3, -0.25) is 19.6 Å². The van der Waals surface area contributed by atoms with Gasteiger partial charge in [0, 0.05) is 43.1 Å². The number of aliphatic imine (C=N–C) groups is 2. The number of nitrogens with zero attached hydrogens (tertiary/aromatic N) is 2. The predicted octanol–water partition coefficient (Wildman–Crippen LogP) is 1.08. The van der Waals surface area contributed by atoms with Crippen LogP contribution in [0, 0.1) is 23.7 Å². The Morgan fingerprint density at radius 3 is 1.49 bits per heavy atom. The zero-order chi connectivity index (χ0) is 24.2. The number of nitrogens with two attached hydrogens (primary N) is 1. The second-order valence-corrected chi connectivity index (χ2v) is 11.2. The van der Waals surface area contributed by atoms with Crippen molar-refractivity contribution >= 4 is 23.5 Å². The SMILES string of the molecule is NC1C(C(=O)NC2CCC(C3=NCCN3)CC2)CCCC1C(=O)NC1CCC(C2=NCCN2)CC1. The Kier molecular flexibility index (Phi) is 7.90. The normalized spacial score (nSPS) is 37.5. The van der Waals surface area contributed by atoms with Crippen LogP contribution in [0.2, 0.25) is 0 Å². The maximum Gasteiger partial charge on any atom is 0.224 e. The Balaban J connectivity index is 1.07. The van der Waals surface area contributed by atoms with E-state index in [-0.39, 0.29) is 35.7 Å². The smallest absolute Gasteiger partial charge is 0.224 e. The lowest BCUT2D eigenvalue weighted by molar-refractivity contribution is -0.132. The maximum absolute atomic E-state index is 13.2. The maximum atomic E-state index is 13.2. The molecule has 0 bridgehead atoms. The lowest BCUT2D eigenvalue weighted by Crippen LogP contribution is -2.55. The highest BCUT2D eigenvalue weighted by atomic mass is 16.2. The first kappa shape index (κ1) is 24.5. The van der Waals surface area contributed by atoms with E-state index in [1.807, 2.05) is 0 Å². The van der Waals surface area contributed by atoms with Crippen molar-refractivity contribution in [1.29, 1.82) is 0 Å². The molecule has 2 heterocycles.